The predicted octanol–water partition coefficient (Wildman–Crippen LogP) is 13.1. The van der Waals surface area contributed by atoms with Crippen LogP contribution in [0.25, 0.3) is 88.8 Å². The number of benzene rings is 7. The molecule has 0 saturated heterocycles. The van der Waals surface area contributed by atoms with Gasteiger partial charge in [0, 0.05) is 27.5 Å². The van der Waals surface area contributed by atoms with Crippen LogP contribution in [0.15, 0.2) is 144 Å². The van der Waals surface area contributed by atoms with Gasteiger partial charge >= 0.3 is 0 Å². The molecule has 0 unspecified atom stereocenters. The molecule has 7 aromatic carbocycles. The summed E-state index contributed by atoms with van der Waals surface area (Å²) in [5.41, 5.74) is 10.1. The molecule has 53 heavy (non-hydrogen) atoms. The van der Waals surface area contributed by atoms with Gasteiger partial charge in [-0.3, -0.25) is 0 Å². The number of fused-ring (bicyclic) bond motifs is 6. The third kappa shape index (κ3) is 5.32. The number of furan rings is 1. The van der Waals surface area contributed by atoms with E-state index in [0.29, 0.717) is 17.5 Å². The van der Waals surface area contributed by atoms with Crippen LogP contribution in [-0.2, 0) is 10.8 Å². The molecule has 4 heteroatoms. The van der Waals surface area contributed by atoms with Gasteiger partial charge in [-0.05, 0) is 97.8 Å². The van der Waals surface area contributed by atoms with Crippen molar-refractivity contribution in [2.75, 3.05) is 0 Å². The number of hydrogen-bond acceptors (Lipinski definition) is 4. The van der Waals surface area contributed by atoms with Crippen molar-refractivity contribution in [1.29, 1.82) is 0 Å². The fraction of sp³-hybridized carbons (Fsp3) is 0.163. The van der Waals surface area contributed by atoms with Crippen LogP contribution in [0.3, 0.4) is 0 Å². The molecular weight excluding hydrogens is 647 g/mol. The highest BCUT2D eigenvalue weighted by Gasteiger charge is 2.37. The van der Waals surface area contributed by atoms with Gasteiger partial charge in [-0.25, -0.2) is 15.0 Å². The van der Waals surface area contributed by atoms with Crippen LogP contribution in [0.2, 0.25) is 0 Å². The Kier molecular flexibility index (Phi) is 6.97. The quantitative estimate of drug-likeness (QED) is 0.185. The molecule has 0 fully saturated rings. The lowest BCUT2D eigenvalue weighted by molar-refractivity contribution is 0.332. The van der Waals surface area contributed by atoms with Gasteiger partial charge in [0.15, 0.2) is 17.5 Å². The molecule has 0 N–H and O–H groups in total. The van der Waals surface area contributed by atoms with Gasteiger partial charge in [0.2, 0.25) is 0 Å². The van der Waals surface area contributed by atoms with Crippen LogP contribution >= 0.6 is 0 Å². The standard InChI is InChI=1S/C49H39N3O/c1-48(2)24-25-49(3,4)41-28-34(21-23-40(41)48)35-20-22-38-43(29-35)53-42-15-9-14-39(44(38)42)47-51-45(36-18-16-30-10-5-7-12-32(30)26-36)50-46(52-47)37-19-17-31-11-6-8-13-33(31)27-37/h5-23,26-29H,24-25H2,1-4H3. The van der Waals surface area contributed by atoms with Crippen molar-refractivity contribution in [2.45, 2.75) is 51.4 Å². The molecule has 2 heterocycles. The van der Waals surface area contributed by atoms with Crippen molar-refractivity contribution in [2.24, 2.45) is 0 Å². The van der Waals surface area contributed by atoms with Gasteiger partial charge in [0.1, 0.15) is 11.2 Å². The van der Waals surface area contributed by atoms with Crippen LogP contribution in [0, 0.1) is 0 Å². The van der Waals surface area contributed by atoms with E-state index >= 15 is 0 Å². The van der Waals surface area contributed by atoms with E-state index in [1.807, 2.05) is 12.1 Å². The molecule has 0 saturated carbocycles. The summed E-state index contributed by atoms with van der Waals surface area (Å²) in [5.74, 6) is 1.88. The Balaban J connectivity index is 1.14. The lowest BCUT2D eigenvalue weighted by Crippen LogP contribution is -2.33. The zero-order chi connectivity index (χ0) is 35.9. The zero-order valence-electron chi connectivity index (χ0n) is 30.4. The predicted molar refractivity (Wildman–Crippen MR) is 219 cm³/mol. The molecule has 0 bridgehead atoms. The molecule has 0 radical (unpaired) electrons. The highest BCUT2D eigenvalue weighted by molar-refractivity contribution is 6.12. The summed E-state index contributed by atoms with van der Waals surface area (Å²) in [5, 5.41) is 6.68. The zero-order valence-corrected chi connectivity index (χ0v) is 30.4. The second-order valence-corrected chi connectivity index (χ2v) is 15.9. The molecule has 0 spiro atoms. The van der Waals surface area contributed by atoms with Gasteiger partial charge < -0.3 is 4.42 Å². The Morgan fingerprint density at radius 1 is 0.434 bits per heavy atom. The molecule has 2 aromatic heterocycles. The van der Waals surface area contributed by atoms with Gasteiger partial charge in [-0.15, -0.1) is 0 Å². The first-order valence-corrected chi connectivity index (χ1v) is 18.6. The summed E-state index contributed by atoms with van der Waals surface area (Å²) in [7, 11) is 0. The molecule has 1 aliphatic carbocycles. The molecule has 9 aromatic rings. The summed E-state index contributed by atoms with van der Waals surface area (Å²) in [6, 6.07) is 49.4. The topological polar surface area (TPSA) is 51.8 Å². The van der Waals surface area contributed by atoms with Gasteiger partial charge in [0.25, 0.3) is 0 Å². The monoisotopic (exact) mass is 685 g/mol. The average molecular weight is 686 g/mol. The van der Waals surface area contributed by atoms with E-state index in [4.69, 9.17) is 19.4 Å². The number of aromatic nitrogens is 3. The Morgan fingerprint density at radius 2 is 0.981 bits per heavy atom. The lowest BCUT2D eigenvalue weighted by atomic mass is 9.63. The van der Waals surface area contributed by atoms with Crippen LogP contribution in [-0.4, -0.2) is 15.0 Å². The normalized spacial score (nSPS) is 14.9. The third-order valence-electron chi connectivity index (χ3n) is 11.6. The maximum absolute atomic E-state index is 6.62. The minimum Gasteiger partial charge on any atom is -0.456 e. The first-order chi connectivity index (χ1) is 25.7. The van der Waals surface area contributed by atoms with Crippen molar-refractivity contribution in [1.82, 2.24) is 15.0 Å². The summed E-state index contributed by atoms with van der Waals surface area (Å²) < 4.78 is 6.62. The fourth-order valence-corrected chi connectivity index (χ4v) is 8.37. The van der Waals surface area contributed by atoms with Crippen molar-refractivity contribution < 1.29 is 4.42 Å². The van der Waals surface area contributed by atoms with Gasteiger partial charge in [-0.2, -0.15) is 0 Å². The van der Waals surface area contributed by atoms with Crippen molar-refractivity contribution >= 4 is 43.5 Å². The van der Waals surface area contributed by atoms with E-state index in [0.717, 1.165) is 55.0 Å². The van der Waals surface area contributed by atoms with E-state index in [1.165, 1.54) is 40.3 Å². The molecular formula is C49H39N3O. The van der Waals surface area contributed by atoms with Gasteiger partial charge in [0.05, 0.1) is 0 Å². The minimum atomic E-state index is 0.140. The van der Waals surface area contributed by atoms with E-state index < -0.39 is 0 Å². The highest BCUT2D eigenvalue weighted by atomic mass is 16.3. The highest BCUT2D eigenvalue weighted by Crippen LogP contribution is 2.47. The molecule has 4 nitrogen and oxygen atoms in total. The maximum Gasteiger partial charge on any atom is 0.164 e. The number of rotatable bonds is 4. The fourth-order valence-electron chi connectivity index (χ4n) is 8.37. The average Bonchev–Trinajstić information content (AvgIpc) is 3.57. The van der Waals surface area contributed by atoms with Crippen LogP contribution in [0.1, 0.15) is 51.7 Å². The largest absolute Gasteiger partial charge is 0.456 e. The van der Waals surface area contributed by atoms with Crippen molar-refractivity contribution in [3.05, 3.63) is 151 Å². The Labute approximate surface area is 309 Å². The molecule has 256 valence electrons. The molecule has 1 aliphatic rings. The maximum atomic E-state index is 6.62. The minimum absolute atomic E-state index is 0.140. The first-order valence-electron chi connectivity index (χ1n) is 18.6. The molecule has 10 rings (SSSR count). The van der Waals surface area contributed by atoms with E-state index in [1.54, 1.807) is 0 Å². The second kappa shape index (κ2) is 11.7. The van der Waals surface area contributed by atoms with Crippen LogP contribution in [0.4, 0.5) is 0 Å². The van der Waals surface area contributed by atoms with E-state index in [9.17, 15) is 0 Å². The van der Waals surface area contributed by atoms with Crippen LogP contribution < -0.4 is 0 Å². The Bertz CT molecular complexity index is 2820. The summed E-state index contributed by atoms with van der Waals surface area (Å²) in [4.78, 5) is 15.4. The van der Waals surface area contributed by atoms with Crippen molar-refractivity contribution in [3.8, 4) is 45.3 Å². The first kappa shape index (κ1) is 31.6. The molecule has 0 atom stereocenters. The SMILES string of the molecule is CC1(C)CCC(C)(C)c2cc(-c3ccc4c(c3)oc3cccc(-c5nc(-c6ccc7ccccc7c6)nc(-c6ccc7ccccc7c6)n5)c34)ccc21. The Hall–Kier alpha value is -6.13. The summed E-state index contributed by atoms with van der Waals surface area (Å²) >= 11 is 0. The summed E-state index contributed by atoms with van der Waals surface area (Å²) in [6.45, 7) is 9.52. The third-order valence-corrected chi connectivity index (χ3v) is 11.6. The Morgan fingerprint density at radius 3 is 1.64 bits per heavy atom. The lowest BCUT2D eigenvalue weighted by Gasteiger charge is -2.42. The van der Waals surface area contributed by atoms with E-state index in [2.05, 4.69) is 155 Å². The van der Waals surface area contributed by atoms with E-state index in [-0.39, 0.29) is 10.8 Å². The molecule has 0 aliphatic heterocycles. The van der Waals surface area contributed by atoms with Crippen molar-refractivity contribution in [3.63, 3.8) is 0 Å². The van der Waals surface area contributed by atoms with Gasteiger partial charge in [-0.1, -0.05) is 137 Å². The summed E-state index contributed by atoms with van der Waals surface area (Å²) in [6.07, 6.45) is 2.39. The van der Waals surface area contributed by atoms with Crippen LogP contribution in [0.5, 0.6) is 0 Å². The second-order valence-electron chi connectivity index (χ2n) is 15.9. The smallest absolute Gasteiger partial charge is 0.164 e. The molecule has 0 amide bonds. The number of nitrogens with zero attached hydrogens (tertiary/aromatic N) is 3. The number of hydrogen-bond donors (Lipinski definition) is 0.